The van der Waals surface area contributed by atoms with Crippen LogP contribution in [0.25, 0.3) is 28.2 Å². The number of hydrogen-bond donors (Lipinski definition) is 1. The van der Waals surface area contributed by atoms with Crippen molar-refractivity contribution >= 4 is 28.6 Å². The zero-order valence-electron chi connectivity index (χ0n) is 17.5. The molecule has 0 aliphatic carbocycles. The highest BCUT2D eigenvalue weighted by Crippen LogP contribution is 2.23. The van der Waals surface area contributed by atoms with E-state index in [9.17, 15) is 9.59 Å². The van der Waals surface area contributed by atoms with Gasteiger partial charge in [-0.1, -0.05) is 68.4 Å². The second-order valence-electron chi connectivity index (χ2n) is 7.71. The average Bonchev–Trinajstić information content (AvgIpc) is 2.77. The maximum absolute atomic E-state index is 12.4. The van der Waals surface area contributed by atoms with Crippen LogP contribution in [0, 0.1) is 0 Å². The lowest BCUT2D eigenvalue weighted by Gasteiger charge is -2.07. The van der Waals surface area contributed by atoms with Gasteiger partial charge in [-0.05, 0) is 52.9 Å². The summed E-state index contributed by atoms with van der Waals surface area (Å²) in [7, 11) is 0. The summed E-state index contributed by atoms with van der Waals surface area (Å²) in [6, 6.07) is 24.5. The molecule has 0 bridgehead atoms. The van der Waals surface area contributed by atoms with Gasteiger partial charge < -0.3 is 9.73 Å². The molecule has 1 aromatic heterocycles. The molecule has 31 heavy (non-hydrogen) atoms. The van der Waals surface area contributed by atoms with E-state index in [0.29, 0.717) is 28.3 Å². The van der Waals surface area contributed by atoms with E-state index >= 15 is 0 Å². The molecule has 0 radical (unpaired) electrons. The van der Waals surface area contributed by atoms with Gasteiger partial charge >= 0.3 is 5.63 Å². The van der Waals surface area contributed by atoms with Gasteiger partial charge in [-0.25, -0.2) is 4.79 Å². The van der Waals surface area contributed by atoms with Crippen LogP contribution in [0.5, 0.6) is 0 Å². The fraction of sp³-hybridized carbons (Fsp3) is 0.111. The Hall–Kier alpha value is -3.92. The summed E-state index contributed by atoms with van der Waals surface area (Å²) >= 11 is 0. The summed E-state index contributed by atoms with van der Waals surface area (Å²) in [4.78, 5) is 24.8. The van der Waals surface area contributed by atoms with E-state index in [1.165, 1.54) is 11.6 Å². The van der Waals surface area contributed by atoms with Gasteiger partial charge in [0.1, 0.15) is 5.58 Å². The van der Waals surface area contributed by atoms with Crippen LogP contribution in [0.15, 0.2) is 94.2 Å². The van der Waals surface area contributed by atoms with E-state index in [0.717, 1.165) is 10.9 Å². The molecule has 0 spiro atoms. The van der Waals surface area contributed by atoms with Gasteiger partial charge in [-0.15, -0.1) is 0 Å². The maximum atomic E-state index is 12.4. The van der Waals surface area contributed by atoms with Crippen molar-refractivity contribution in [1.29, 1.82) is 0 Å². The predicted molar refractivity (Wildman–Crippen MR) is 126 cm³/mol. The maximum Gasteiger partial charge on any atom is 0.344 e. The van der Waals surface area contributed by atoms with Crippen molar-refractivity contribution in [2.45, 2.75) is 19.8 Å². The van der Waals surface area contributed by atoms with Crippen molar-refractivity contribution in [3.05, 3.63) is 106 Å². The Morgan fingerprint density at radius 3 is 2.48 bits per heavy atom. The summed E-state index contributed by atoms with van der Waals surface area (Å²) in [6.07, 6.45) is 3.28. The molecule has 3 aromatic carbocycles. The molecule has 4 rings (SSSR count). The number of benzene rings is 3. The molecular formula is C27H23NO3. The van der Waals surface area contributed by atoms with E-state index in [2.05, 4.69) is 31.3 Å². The van der Waals surface area contributed by atoms with Crippen LogP contribution in [0.3, 0.4) is 0 Å². The highest BCUT2D eigenvalue weighted by molar-refractivity contribution is 6.02. The standard InChI is InChI=1S/C27H23NO3/c1-18(2)20-13-10-19(11-14-20)12-15-26(29)28-23-8-5-7-21(16-23)24-17-22-6-3-4-9-25(22)31-27(24)30/h3-18H,1-2H3,(H,28,29)/b15-12+. The van der Waals surface area contributed by atoms with Gasteiger partial charge in [-0.3, -0.25) is 4.79 Å². The molecule has 0 saturated carbocycles. The minimum absolute atomic E-state index is 0.240. The van der Waals surface area contributed by atoms with E-state index in [1.807, 2.05) is 42.5 Å². The topological polar surface area (TPSA) is 59.3 Å². The molecule has 4 heteroatoms. The molecule has 0 fully saturated rings. The van der Waals surface area contributed by atoms with Crippen molar-refractivity contribution in [1.82, 2.24) is 0 Å². The van der Waals surface area contributed by atoms with Crippen molar-refractivity contribution in [3.8, 4) is 11.1 Å². The van der Waals surface area contributed by atoms with Gasteiger partial charge in [-0.2, -0.15) is 0 Å². The largest absolute Gasteiger partial charge is 0.422 e. The van der Waals surface area contributed by atoms with Crippen LogP contribution < -0.4 is 10.9 Å². The Labute approximate surface area is 180 Å². The van der Waals surface area contributed by atoms with E-state index < -0.39 is 5.63 Å². The Balaban J connectivity index is 1.51. The number of anilines is 1. The second kappa shape index (κ2) is 8.84. The number of amides is 1. The molecule has 4 nitrogen and oxygen atoms in total. The molecule has 0 unspecified atom stereocenters. The number of nitrogens with one attached hydrogen (secondary N) is 1. The van der Waals surface area contributed by atoms with Crippen LogP contribution in [0.4, 0.5) is 5.69 Å². The fourth-order valence-corrected chi connectivity index (χ4v) is 3.38. The molecule has 0 aliphatic heterocycles. The number of para-hydroxylation sites is 1. The number of carbonyl (C=O) groups is 1. The minimum Gasteiger partial charge on any atom is -0.422 e. The highest BCUT2D eigenvalue weighted by Gasteiger charge is 2.09. The molecule has 4 aromatic rings. The molecule has 0 aliphatic rings. The van der Waals surface area contributed by atoms with Crippen molar-refractivity contribution in [2.24, 2.45) is 0 Å². The molecule has 0 saturated heterocycles. The van der Waals surface area contributed by atoms with Crippen molar-refractivity contribution in [3.63, 3.8) is 0 Å². The number of rotatable bonds is 5. The van der Waals surface area contributed by atoms with Crippen LogP contribution in [0.2, 0.25) is 0 Å². The molecule has 0 atom stereocenters. The van der Waals surface area contributed by atoms with Crippen LogP contribution in [-0.2, 0) is 4.79 Å². The number of hydrogen-bond acceptors (Lipinski definition) is 3. The van der Waals surface area contributed by atoms with Crippen LogP contribution >= 0.6 is 0 Å². The number of fused-ring (bicyclic) bond motifs is 1. The van der Waals surface area contributed by atoms with Gasteiger partial charge in [0.25, 0.3) is 0 Å². The summed E-state index contributed by atoms with van der Waals surface area (Å²) in [5.41, 5.74) is 4.11. The summed E-state index contributed by atoms with van der Waals surface area (Å²) in [6.45, 7) is 4.29. The molecule has 1 amide bonds. The SMILES string of the molecule is CC(C)c1ccc(/C=C/C(=O)Nc2cccc(-c3cc4ccccc4oc3=O)c2)cc1. The van der Waals surface area contributed by atoms with E-state index in [1.54, 1.807) is 30.3 Å². The van der Waals surface area contributed by atoms with E-state index in [-0.39, 0.29) is 5.91 Å². The Morgan fingerprint density at radius 1 is 0.935 bits per heavy atom. The van der Waals surface area contributed by atoms with Gasteiger partial charge in [0.2, 0.25) is 5.91 Å². The fourth-order valence-electron chi connectivity index (χ4n) is 3.38. The quantitative estimate of drug-likeness (QED) is 0.314. The van der Waals surface area contributed by atoms with Crippen molar-refractivity contribution < 1.29 is 9.21 Å². The summed E-state index contributed by atoms with van der Waals surface area (Å²) < 4.78 is 5.42. The zero-order valence-corrected chi connectivity index (χ0v) is 17.5. The monoisotopic (exact) mass is 409 g/mol. The second-order valence-corrected chi connectivity index (χ2v) is 7.71. The third-order valence-electron chi connectivity index (χ3n) is 5.11. The van der Waals surface area contributed by atoms with Gasteiger partial charge in [0.05, 0.1) is 5.56 Å². The Morgan fingerprint density at radius 2 is 1.71 bits per heavy atom. The van der Waals surface area contributed by atoms with Crippen molar-refractivity contribution in [2.75, 3.05) is 5.32 Å². The minimum atomic E-state index is -0.410. The summed E-state index contributed by atoms with van der Waals surface area (Å²) in [5.74, 6) is 0.231. The molecule has 1 heterocycles. The third kappa shape index (κ3) is 4.81. The van der Waals surface area contributed by atoms with Crippen LogP contribution in [0.1, 0.15) is 30.9 Å². The first-order valence-electron chi connectivity index (χ1n) is 10.2. The predicted octanol–water partition coefficient (Wildman–Crippen LogP) is 6.24. The lowest BCUT2D eigenvalue weighted by atomic mass is 10.0. The highest BCUT2D eigenvalue weighted by atomic mass is 16.4. The molecule has 154 valence electrons. The Bertz CT molecular complexity index is 1310. The first-order valence-corrected chi connectivity index (χ1v) is 10.2. The Kier molecular flexibility index (Phi) is 5.80. The lowest BCUT2D eigenvalue weighted by Crippen LogP contribution is -2.08. The van der Waals surface area contributed by atoms with Gasteiger partial charge in [0, 0.05) is 17.1 Å². The molecule has 1 N–H and O–H groups in total. The smallest absolute Gasteiger partial charge is 0.344 e. The third-order valence-corrected chi connectivity index (χ3v) is 5.11. The molecular weight excluding hydrogens is 386 g/mol. The zero-order chi connectivity index (χ0) is 21.8. The van der Waals surface area contributed by atoms with Gasteiger partial charge in [0.15, 0.2) is 0 Å². The first kappa shape index (κ1) is 20.4. The lowest BCUT2D eigenvalue weighted by molar-refractivity contribution is -0.111. The summed E-state index contributed by atoms with van der Waals surface area (Å²) in [5, 5.41) is 3.70. The van der Waals surface area contributed by atoms with Crippen LogP contribution in [-0.4, -0.2) is 5.91 Å². The van der Waals surface area contributed by atoms with E-state index in [4.69, 9.17) is 4.42 Å². The first-order chi connectivity index (χ1) is 15.0. The normalized spacial score (nSPS) is 11.3. The average molecular weight is 409 g/mol. The number of carbonyl (C=O) groups excluding carboxylic acids is 1.